The Balaban J connectivity index is 3.52. The fraction of sp³-hybridized carbons (Fsp3) is 0.800. The predicted octanol–water partition coefficient (Wildman–Crippen LogP) is 1.16. The van der Waals surface area contributed by atoms with Crippen molar-refractivity contribution in [1.29, 1.82) is 0 Å². The fourth-order valence-corrected chi connectivity index (χ4v) is 1.16. The molecular weight excluding hydrogens is 123 g/mol. The van der Waals surface area contributed by atoms with E-state index in [0.717, 1.165) is 6.42 Å². The highest BCUT2D eigenvalue weighted by Crippen LogP contribution is 2.16. The van der Waals surface area contributed by atoms with Gasteiger partial charge in [0.15, 0.2) is 0 Å². The van der Waals surface area contributed by atoms with Crippen LogP contribution in [0.15, 0.2) is 0 Å². The number of hydrogen-bond donors (Lipinski definition) is 1. The van der Waals surface area contributed by atoms with E-state index in [1.165, 1.54) is 0 Å². The van der Waals surface area contributed by atoms with Crippen LogP contribution in [0.5, 0.6) is 0 Å². The van der Waals surface area contributed by atoms with E-state index in [9.17, 15) is 4.79 Å². The zero-order valence-corrected chi connectivity index (χ0v) is 6.14. The van der Waals surface area contributed by atoms with E-state index < -0.39 is 5.97 Å². The van der Waals surface area contributed by atoms with Gasteiger partial charge in [-0.15, -0.1) is 8.58 Å². The molecule has 0 saturated carbocycles. The highest BCUT2D eigenvalue weighted by atomic mass is 31.1. The van der Waals surface area contributed by atoms with Gasteiger partial charge in [0.1, 0.15) is 0 Å². The largest absolute Gasteiger partial charge is 0.481 e. The summed E-state index contributed by atoms with van der Waals surface area (Å²) in [6.45, 7) is 3.82. The van der Waals surface area contributed by atoms with Crippen molar-refractivity contribution in [2.45, 2.75) is 19.0 Å². The van der Waals surface area contributed by atoms with Gasteiger partial charge in [0.05, 0.1) is 5.66 Å². The molecule has 0 rings (SSSR count). The topological polar surface area (TPSA) is 37.3 Å². The number of carboxylic acids is 1. The molecule has 0 aliphatic rings. The van der Waals surface area contributed by atoms with Gasteiger partial charge in [-0.25, -0.2) is 0 Å². The monoisotopic (exact) mass is 134 g/mol. The number of carbonyl (C=O) groups is 1. The Morgan fingerprint density at radius 1 is 1.88 bits per heavy atom. The van der Waals surface area contributed by atoms with Crippen LogP contribution in [0.3, 0.4) is 0 Å². The zero-order chi connectivity index (χ0) is 6.57. The SMILES string of the molecule is CCC(PC)C(=O)O. The molecule has 0 fully saturated rings. The maximum absolute atomic E-state index is 10.2. The smallest absolute Gasteiger partial charge is 0.310 e. The number of carboxylic acid groups (broad SMARTS) is 1. The van der Waals surface area contributed by atoms with Crippen LogP contribution in [0.1, 0.15) is 13.3 Å². The Bertz CT molecular complexity index is 78.5. The molecule has 8 heavy (non-hydrogen) atoms. The lowest BCUT2D eigenvalue weighted by Crippen LogP contribution is -2.12. The molecule has 0 amide bonds. The fourth-order valence-electron chi connectivity index (χ4n) is 0.502. The first-order valence-corrected chi connectivity index (χ1v) is 4.20. The molecule has 48 valence electrons. The molecule has 0 radical (unpaired) electrons. The van der Waals surface area contributed by atoms with Crippen molar-refractivity contribution in [3.8, 4) is 0 Å². The van der Waals surface area contributed by atoms with Gasteiger partial charge < -0.3 is 5.11 Å². The van der Waals surface area contributed by atoms with Crippen LogP contribution in [0.2, 0.25) is 0 Å². The van der Waals surface area contributed by atoms with Crippen LogP contribution in [0.4, 0.5) is 0 Å². The summed E-state index contributed by atoms with van der Waals surface area (Å²) < 4.78 is 0. The highest BCUT2D eigenvalue weighted by Gasteiger charge is 2.10. The second-order valence-corrected chi connectivity index (χ2v) is 2.86. The molecule has 2 nitrogen and oxygen atoms in total. The van der Waals surface area contributed by atoms with Gasteiger partial charge in [-0.3, -0.25) is 4.79 Å². The molecule has 0 aromatic carbocycles. The Morgan fingerprint density at radius 2 is 2.38 bits per heavy atom. The van der Waals surface area contributed by atoms with Crippen LogP contribution in [0.25, 0.3) is 0 Å². The molecule has 0 saturated heterocycles. The summed E-state index contributed by atoms with van der Waals surface area (Å²) in [5.41, 5.74) is -0.102. The minimum atomic E-state index is -0.659. The number of aliphatic carboxylic acids is 1. The Kier molecular flexibility index (Phi) is 3.80. The van der Waals surface area contributed by atoms with Crippen molar-refractivity contribution in [2.75, 3.05) is 6.66 Å². The first-order chi connectivity index (χ1) is 3.72. The molecule has 0 aromatic heterocycles. The van der Waals surface area contributed by atoms with Crippen LogP contribution < -0.4 is 0 Å². The lowest BCUT2D eigenvalue weighted by atomic mass is 10.3. The standard InChI is InChI=1S/C5H11O2P/c1-3-4(8-2)5(6)7/h4,8H,3H2,1-2H3,(H,6,7). The van der Waals surface area contributed by atoms with Gasteiger partial charge in [-0.1, -0.05) is 6.92 Å². The molecule has 1 N–H and O–H groups in total. The maximum atomic E-state index is 10.2. The van der Waals surface area contributed by atoms with E-state index in [1.54, 1.807) is 0 Å². The lowest BCUT2D eigenvalue weighted by Gasteiger charge is -2.02. The average Bonchev–Trinajstić information content (AvgIpc) is 1.69. The molecule has 0 aliphatic heterocycles. The molecular formula is C5H11O2P. The molecule has 0 spiro atoms. The van der Waals surface area contributed by atoms with Gasteiger partial charge >= 0.3 is 5.97 Å². The van der Waals surface area contributed by atoms with Crippen LogP contribution >= 0.6 is 8.58 Å². The lowest BCUT2D eigenvalue weighted by molar-refractivity contribution is -0.136. The third-order valence-corrected chi connectivity index (χ3v) is 2.41. The summed E-state index contributed by atoms with van der Waals surface area (Å²) in [7, 11) is 0.530. The van der Waals surface area contributed by atoms with Gasteiger partial charge in [0.25, 0.3) is 0 Å². The summed E-state index contributed by atoms with van der Waals surface area (Å²) in [6.07, 6.45) is 0.754. The first kappa shape index (κ1) is 7.90. The van der Waals surface area contributed by atoms with E-state index in [2.05, 4.69) is 0 Å². The third-order valence-electron chi connectivity index (χ3n) is 1.05. The molecule has 0 bridgehead atoms. The average molecular weight is 134 g/mol. The van der Waals surface area contributed by atoms with Crippen LogP contribution in [-0.4, -0.2) is 23.4 Å². The molecule has 3 heteroatoms. The van der Waals surface area contributed by atoms with E-state index in [1.807, 2.05) is 13.6 Å². The molecule has 2 atom stereocenters. The number of rotatable bonds is 3. The van der Waals surface area contributed by atoms with Crippen molar-refractivity contribution in [3.05, 3.63) is 0 Å². The molecule has 2 unspecified atom stereocenters. The van der Waals surface area contributed by atoms with E-state index in [4.69, 9.17) is 5.11 Å². The minimum absolute atomic E-state index is 0.102. The summed E-state index contributed by atoms with van der Waals surface area (Å²) in [5.74, 6) is -0.659. The summed E-state index contributed by atoms with van der Waals surface area (Å²) in [4.78, 5) is 10.2. The summed E-state index contributed by atoms with van der Waals surface area (Å²) >= 11 is 0. The van der Waals surface area contributed by atoms with E-state index in [-0.39, 0.29) is 5.66 Å². The van der Waals surface area contributed by atoms with Gasteiger partial charge in [0.2, 0.25) is 0 Å². The Morgan fingerprint density at radius 3 is 2.38 bits per heavy atom. The van der Waals surface area contributed by atoms with Crippen molar-refractivity contribution in [1.82, 2.24) is 0 Å². The second-order valence-electron chi connectivity index (χ2n) is 1.59. The van der Waals surface area contributed by atoms with Gasteiger partial charge in [-0.05, 0) is 13.1 Å². The van der Waals surface area contributed by atoms with Crippen molar-refractivity contribution in [3.63, 3.8) is 0 Å². The van der Waals surface area contributed by atoms with Crippen molar-refractivity contribution in [2.24, 2.45) is 0 Å². The third kappa shape index (κ3) is 2.27. The highest BCUT2D eigenvalue weighted by molar-refractivity contribution is 7.39. The Hall–Kier alpha value is -0.100. The van der Waals surface area contributed by atoms with Gasteiger partial charge in [0, 0.05) is 0 Å². The molecule has 0 aromatic rings. The predicted molar refractivity (Wildman–Crippen MR) is 36.0 cm³/mol. The summed E-state index contributed by atoms with van der Waals surface area (Å²) in [6, 6.07) is 0. The van der Waals surface area contributed by atoms with E-state index in [0.29, 0.717) is 8.58 Å². The number of hydrogen-bond acceptors (Lipinski definition) is 1. The van der Waals surface area contributed by atoms with Crippen molar-refractivity contribution < 1.29 is 9.90 Å². The normalized spacial score (nSPS) is 14.8. The van der Waals surface area contributed by atoms with Crippen LogP contribution in [-0.2, 0) is 4.79 Å². The quantitative estimate of drug-likeness (QED) is 0.588. The first-order valence-electron chi connectivity index (χ1n) is 2.62. The molecule has 0 heterocycles. The second kappa shape index (κ2) is 3.85. The van der Waals surface area contributed by atoms with Crippen LogP contribution in [0, 0.1) is 0 Å². The van der Waals surface area contributed by atoms with Gasteiger partial charge in [-0.2, -0.15) is 0 Å². The summed E-state index contributed by atoms with van der Waals surface area (Å²) in [5, 5.41) is 8.38. The van der Waals surface area contributed by atoms with Crippen molar-refractivity contribution >= 4 is 14.6 Å². The Labute approximate surface area is 51.1 Å². The molecule has 0 aliphatic carbocycles. The van der Waals surface area contributed by atoms with E-state index >= 15 is 0 Å². The minimum Gasteiger partial charge on any atom is -0.481 e. The maximum Gasteiger partial charge on any atom is 0.310 e. The zero-order valence-electron chi connectivity index (χ0n) is 5.14.